The first-order valence-electron chi connectivity index (χ1n) is 11.3. The number of aromatic nitrogens is 2. The molecule has 34 heavy (non-hydrogen) atoms. The zero-order chi connectivity index (χ0) is 24.1. The quantitative estimate of drug-likeness (QED) is 0.314. The predicted octanol–water partition coefficient (Wildman–Crippen LogP) is 1.98. The number of nitrogens with one attached hydrogen (secondary N) is 1. The fraction of sp³-hybridized carbons (Fsp3) is 0.478. The molecule has 1 N–H and O–H groups in total. The Balaban J connectivity index is 1.61. The summed E-state index contributed by atoms with van der Waals surface area (Å²) in [5, 5.41) is 3.34. The van der Waals surface area contributed by atoms with Crippen molar-refractivity contribution in [3.8, 4) is 0 Å². The summed E-state index contributed by atoms with van der Waals surface area (Å²) in [7, 11) is 1.58. The number of fused-ring (bicyclic) bond motifs is 1. The molecule has 0 atom stereocenters. The number of pyridine rings is 1. The van der Waals surface area contributed by atoms with E-state index in [1.165, 1.54) is 21.1 Å². The van der Waals surface area contributed by atoms with E-state index in [2.05, 4.69) is 10.2 Å². The van der Waals surface area contributed by atoms with Crippen molar-refractivity contribution in [2.45, 2.75) is 13.3 Å². The van der Waals surface area contributed by atoms with Crippen LogP contribution in [-0.4, -0.2) is 89.1 Å². The third-order valence-electron chi connectivity index (χ3n) is 5.80. The summed E-state index contributed by atoms with van der Waals surface area (Å²) in [6.45, 7) is 7.68. The van der Waals surface area contributed by atoms with Crippen molar-refractivity contribution in [1.29, 1.82) is 0 Å². The third-order valence-corrected chi connectivity index (χ3v) is 7.18. The van der Waals surface area contributed by atoms with Gasteiger partial charge in [-0.1, -0.05) is 30.0 Å². The molecule has 0 spiro atoms. The van der Waals surface area contributed by atoms with Gasteiger partial charge in [-0.2, -0.15) is 0 Å². The molecule has 0 radical (unpaired) electrons. The monoisotopic (exact) mass is 503 g/mol. The lowest BCUT2D eigenvalue weighted by Crippen LogP contribution is -2.37. The Morgan fingerprint density at radius 3 is 2.85 bits per heavy atom. The molecule has 2 aromatic heterocycles. The molecule has 2 fully saturated rings. The van der Waals surface area contributed by atoms with Crippen LogP contribution in [0.4, 0.5) is 5.82 Å². The van der Waals surface area contributed by atoms with Crippen LogP contribution >= 0.6 is 24.0 Å². The van der Waals surface area contributed by atoms with Gasteiger partial charge in [0.25, 0.3) is 11.5 Å². The number of hydrogen-bond donors (Lipinski definition) is 1. The second-order valence-electron chi connectivity index (χ2n) is 8.12. The van der Waals surface area contributed by atoms with Crippen molar-refractivity contribution in [1.82, 2.24) is 19.2 Å². The van der Waals surface area contributed by atoms with Gasteiger partial charge in [-0.25, -0.2) is 4.98 Å². The number of amides is 1. The minimum atomic E-state index is -0.230. The molecule has 9 nitrogen and oxygen atoms in total. The number of aryl methyl sites for hydroxylation is 1. The fourth-order valence-electron chi connectivity index (χ4n) is 3.92. The highest BCUT2D eigenvalue weighted by Crippen LogP contribution is 2.32. The highest BCUT2D eigenvalue weighted by Gasteiger charge is 2.32. The highest BCUT2D eigenvalue weighted by molar-refractivity contribution is 8.26. The zero-order valence-electron chi connectivity index (χ0n) is 19.4. The molecule has 4 heterocycles. The molecule has 4 rings (SSSR count). The van der Waals surface area contributed by atoms with Crippen molar-refractivity contribution >= 4 is 51.7 Å². The van der Waals surface area contributed by atoms with E-state index < -0.39 is 0 Å². The second-order valence-corrected chi connectivity index (χ2v) is 9.80. The number of carbonyl (C=O) groups excluding carboxylic acids is 1. The van der Waals surface area contributed by atoms with Crippen LogP contribution in [0.1, 0.15) is 17.5 Å². The van der Waals surface area contributed by atoms with E-state index in [1.54, 1.807) is 19.4 Å². The molecule has 0 aliphatic carbocycles. The second kappa shape index (κ2) is 11.4. The first-order valence-corrected chi connectivity index (χ1v) is 12.5. The average Bonchev–Trinajstić information content (AvgIpc) is 3.11. The van der Waals surface area contributed by atoms with E-state index in [0.29, 0.717) is 46.0 Å². The van der Waals surface area contributed by atoms with Gasteiger partial charge in [0.15, 0.2) is 0 Å². The summed E-state index contributed by atoms with van der Waals surface area (Å²) in [5.41, 5.74) is 1.61. The smallest absolute Gasteiger partial charge is 0.267 e. The predicted molar refractivity (Wildman–Crippen MR) is 138 cm³/mol. The molecule has 0 aromatic carbocycles. The van der Waals surface area contributed by atoms with Crippen LogP contribution in [-0.2, 0) is 14.3 Å². The molecule has 2 aliphatic heterocycles. The Kier molecular flexibility index (Phi) is 8.32. The number of thioether (sulfide) groups is 1. The van der Waals surface area contributed by atoms with Gasteiger partial charge in [-0.05, 0) is 37.6 Å². The number of ether oxygens (including phenoxy) is 2. The first kappa shape index (κ1) is 24.8. The lowest BCUT2D eigenvalue weighted by atomic mass is 10.2. The van der Waals surface area contributed by atoms with E-state index in [9.17, 15) is 9.59 Å². The summed E-state index contributed by atoms with van der Waals surface area (Å²) >= 11 is 6.57. The van der Waals surface area contributed by atoms with Crippen LogP contribution in [0.3, 0.4) is 0 Å². The summed E-state index contributed by atoms with van der Waals surface area (Å²) in [5.74, 6) is 0.252. The fourth-order valence-corrected chi connectivity index (χ4v) is 5.21. The SMILES string of the molecule is COCCN1C(=O)/C(=C/c2c(NCCCN3CCOCC3)nc3c(C)cccn3c2=O)SC1=S. The molecule has 1 amide bonds. The summed E-state index contributed by atoms with van der Waals surface area (Å²) in [6, 6.07) is 3.74. The minimum absolute atomic E-state index is 0.223. The van der Waals surface area contributed by atoms with Gasteiger partial charge < -0.3 is 14.8 Å². The number of methoxy groups -OCH3 is 1. The number of rotatable bonds is 9. The number of anilines is 1. The van der Waals surface area contributed by atoms with Gasteiger partial charge in [0.2, 0.25) is 0 Å². The molecule has 0 saturated carbocycles. The summed E-state index contributed by atoms with van der Waals surface area (Å²) in [4.78, 5) is 35.4. The van der Waals surface area contributed by atoms with Gasteiger partial charge in [0, 0.05) is 32.9 Å². The number of carbonyl (C=O) groups is 1. The Bertz CT molecular complexity index is 1160. The molecule has 2 aliphatic rings. The van der Waals surface area contributed by atoms with Crippen molar-refractivity contribution in [2.24, 2.45) is 0 Å². The van der Waals surface area contributed by atoms with Gasteiger partial charge in [-0.15, -0.1) is 0 Å². The van der Waals surface area contributed by atoms with Gasteiger partial charge in [-0.3, -0.25) is 23.8 Å². The van der Waals surface area contributed by atoms with Gasteiger partial charge in [0.05, 0.1) is 36.8 Å². The highest BCUT2D eigenvalue weighted by atomic mass is 32.2. The molecular weight excluding hydrogens is 474 g/mol. The molecule has 2 aromatic rings. The van der Waals surface area contributed by atoms with Crippen molar-refractivity contribution in [3.05, 3.63) is 44.7 Å². The number of hydrogen-bond acceptors (Lipinski definition) is 9. The summed E-state index contributed by atoms with van der Waals surface area (Å²) < 4.78 is 12.5. The Labute approximate surface area is 208 Å². The van der Waals surface area contributed by atoms with Crippen LogP contribution in [0.2, 0.25) is 0 Å². The zero-order valence-corrected chi connectivity index (χ0v) is 21.0. The maximum atomic E-state index is 13.4. The van der Waals surface area contributed by atoms with Gasteiger partial charge >= 0.3 is 0 Å². The van der Waals surface area contributed by atoms with E-state index >= 15 is 0 Å². The Hall–Kier alpha value is -2.31. The lowest BCUT2D eigenvalue weighted by Gasteiger charge is -2.26. The number of thiocarbonyl (C=S) groups is 1. The van der Waals surface area contributed by atoms with Crippen molar-refractivity contribution in [3.63, 3.8) is 0 Å². The van der Waals surface area contributed by atoms with E-state index in [1.807, 2.05) is 19.1 Å². The maximum absolute atomic E-state index is 13.4. The molecule has 0 bridgehead atoms. The minimum Gasteiger partial charge on any atom is -0.383 e. The standard InChI is InChI=1S/C23H29N5O4S2/c1-16-5-3-8-27-20(16)25-19(24-6-4-7-26-9-13-32-14-10-26)17(21(27)29)15-18-22(30)28(11-12-31-2)23(33)34-18/h3,5,8,15,24H,4,6-7,9-14H2,1-2H3/b18-15-. The average molecular weight is 504 g/mol. The van der Waals surface area contributed by atoms with Crippen LogP contribution in [0, 0.1) is 6.92 Å². The van der Waals surface area contributed by atoms with Crippen LogP contribution < -0.4 is 10.9 Å². The normalized spacial score (nSPS) is 18.4. The van der Waals surface area contributed by atoms with Crippen LogP contribution in [0.15, 0.2) is 28.0 Å². The molecular formula is C23H29N5O4S2. The first-order chi connectivity index (χ1) is 16.5. The van der Waals surface area contributed by atoms with Crippen molar-refractivity contribution < 1.29 is 14.3 Å². The number of morpholine rings is 1. The lowest BCUT2D eigenvalue weighted by molar-refractivity contribution is -0.122. The Morgan fingerprint density at radius 2 is 2.09 bits per heavy atom. The summed E-state index contributed by atoms with van der Waals surface area (Å²) in [6.07, 6.45) is 4.20. The molecule has 0 unspecified atom stereocenters. The largest absolute Gasteiger partial charge is 0.383 e. The molecule has 2 saturated heterocycles. The van der Waals surface area contributed by atoms with Gasteiger partial charge in [0.1, 0.15) is 15.8 Å². The maximum Gasteiger partial charge on any atom is 0.267 e. The Morgan fingerprint density at radius 1 is 1.29 bits per heavy atom. The molecule has 11 heteroatoms. The van der Waals surface area contributed by atoms with Crippen molar-refractivity contribution in [2.75, 3.05) is 65.0 Å². The van der Waals surface area contributed by atoms with Crippen LogP contribution in [0.25, 0.3) is 11.7 Å². The number of nitrogens with zero attached hydrogens (tertiary/aromatic N) is 4. The third kappa shape index (κ3) is 5.49. The topological polar surface area (TPSA) is 88.4 Å². The van der Waals surface area contributed by atoms with Crippen LogP contribution in [0.5, 0.6) is 0 Å². The van der Waals surface area contributed by atoms with E-state index in [-0.39, 0.29) is 11.5 Å². The van der Waals surface area contributed by atoms with E-state index in [0.717, 1.165) is 44.8 Å². The molecule has 182 valence electrons. The van der Waals surface area contributed by atoms with E-state index in [4.69, 9.17) is 26.7 Å².